The van der Waals surface area contributed by atoms with Gasteiger partial charge in [-0.3, -0.25) is 0 Å². The first kappa shape index (κ1) is 10.5. The summed E-state index contributed by atoms with van der Waals surface area (Å²) in [5.41, 5.74) is 2.36. The normalized spacial score (nSPS) is 14.8. The van der Waals surface area contributed by atoms with Gasteiger partial charge < -0.3 is 15.4 Å². The first-order chi connectivity index (χ1) is 7.78. The number of nitrogens with one attached hydrogen (secondary N) is 2. The van der Waals surface area contributed by atoms with Crippen LogP contribution in [0, 0.1) is 0 Å². The van der Waals surface area contributed by atoms with Crippen molar-refractivity contribution in [1.29, 1.82) is 0 Å². The number of methoxy groups -OCH3 is 1. The molecule has 0 bridgehead atoms. The van der Waals surface area contributed by atoms with Crippen molar-refractivity contribution >= 4 is 6.03 Å². The van der Waals surface area contributed by atoms with E-state index in [4.69, 9.17) is 4.74 Å². The van der Waals surface area contributed by atoms with E-state index in [1.807, 2.05) is 24.3 Å². The average molecular weight is 218 g/mol. The van der Waals surface area contributed by atoms with Crippen LogP contribution in [0.15, 0.2) is 36.0 Å². The van der Waals surface area contributed by atoms with Crippen molar-refractivity contribution in [2.75, 3.05) is 13.7 Å². The fraction of sp³-hybridized carbons (Fsp3) is 0.250. The third kappa shape index (κ3) is 2.53. The van der Waals surface area contributed by atoms with Crippen molar-refractivity contribution in [3.05, 3.63) is 41.6 Å². The summed E-state index contributed by atoms with van der Waals surface area (Å²) in [6, 6.07) is 7.78. The highest BCUT2D eigenvalue weighted by molar-refractivity contribution is 5.76. The van der Waals surface area contributed by atoms with Gasteiger partial charge in [0.2, 0.25) is 0 Å². The van der Waals surface area contributed by atoms with Crippen LogP contribution < -0.4 is 15.4 Å². The van der Waals surface area contributed by atoms with Crippen LogP contribution in [0.1, 0.15) is 5.56 Å². The predicted molar refractivity (Wildman–Crippen MR) is 61.3 cm³/mol. The maximum atomic E-state index is 10.9. The van der Waals surface area contributed by atoms with Crippen LogP contribution in [0.25, 0.3) is 0 Å². The van der Waals surface area contributed by atoms with Crippen molar-refractivity contribution in [3.8, 4) is 5.75 Å². The molecule has 0 saturated carbocycles. The summed E-state index contributed by atoms with van der Waals surface area (Å²) < 4.78 is 5.09. The molecule has 0 aliphatic carbocycles. The number of carbonyl (C=O) groups excluding carboxylic acids is 1. The molecule has 0 unspecified atom stereocenters. The Morgan fingerprint density at radius 1 is 1.31 bits per heavy atom. The maximum Gasteiger partial charge on any atom is 0.319 e. The zero-order valence-corrected chi connectivity index (χ0v) is 9.12. The Bertz CT molecular complexity index is 410. The summed E-state index contributed by atoms with van der Waals surface area (Å²) in [5.74, 6) is 0.854. The molecule has 2 N–H and O–H groups in total. The van der Waals surface area contributed by atoms with Gasteiger partial charge in [-0.05, 0) is 29.7 Å². The number of amides is 2. The third-order valence-electron chi connectivity index (χ3n) is 2.47. The molecular weight excluding hydrogens is 204 g/mol. The number of benzene rings is 1. The highest BCUT2D eigenvalue weighted by Crippen LogP contribution is 2.14. The Kier molecular flexibility index (Phi) is 3.10. The number of hydrogen-bond acceptors (Lipinski definition) is 2. The number of ether oxygens (including phenoxy) is 1. The van der Waals surface area contributed by atoms with E-state index in [-0.39, 0.29) is 6.03 Å². The fourth-order valence-electron chi connectivity index (χ4n) is 1.58. The molecule has 4 nitrogen and oxygen atoms in total. The SMILES string of the molecule is COc1ccc(CC2=CNC(=O)NC2)cc1. The lowest BCUT2D eigenvalue weighted by Crippen LogP contribution is -2.38. The van der Waals surface area contributed by atoms with Crippen LogP contribution in [-0.2, 0) is 6.42 Å². The molecule has 0 saturated heterocycles. The van der Waals surface area contributed by atoms with Crippen LogP contribution in [0.2, 0.25) is 0 Å². The molecule has 0 radical (unpaired) electrons. The van der Waals surface area contributed by atoms with Crippen LogP contribution in [0.4, 0.5) is 4.79 Å². The second-order valence-electron chi connectivity index (χ2n) is 3.65. The summed E-state index contributed by atoms with van der Waals surface area (Å²) >= 11 is 0. The topological polar surface area (TPSA) is 50.4 Å². The molecule has 2 rings (SSSR count). The lowest BCUT2D eigenvalue weighted by Gasteiger charge is -2.15. The van der Waals surface area contributed by atoms with Crippen molar-refractivity contribution in [3.63, 3.8) is 0 Å². The van der Waals surface area contributed by atoms with E-state index in [0.717, 1.165) is 17.7 Å². The molecular formula is C12H14N2O2. The van der Waals surface area contributed by atoms with Crippen molar-refractivity contribution in [2.45, 2.75) is 6.42 Å². The minimum atomic E-state index is -0.140. The van der Waals surface area contributed by atoms with Crippen LogP contribution in [0.3, 0.4) is 0 Å². The molecule has 0 aromatic heterocycles. The minimum absolute atomic E-state index is 0.140. The summed E-state index contributed by atoms with van der Waals surface area (Å²) in [7, 11) is 1.65. The Hall–Kier alpha value is -1.97. The number of hydrogen-bond donors (Lipinski definition) is 2. The van der Waals surface area contributed by atoms with E-state index in [1.165, 1.54) is 5.56 Å². The molecule has 2 amide bonds. The van der Waals surface area contributed by atoms with E-state index < -0.39 is 0 Å². The minimum Gasteiger partial charge on any atom is -0.497 e. The van der Waals surface area contributed by atoms with E-state index in [2.05, 4.69) is 10.6 Å². The van der Waals surface area contributed by atoms with Crippen LogP contribution >= 0.6 is 0 Å². The molecule has 1 aromatic rings. The zero-order valence-electron chi connectivity index (χ0n) is 9.12. The van der Waals surface area contributed by atoms with Gasteiger partial charge in [-0.25, -0.2) is 4.79 Å². The van der Waals surface area contributed by atoms with Gasteiger partial charge in [0.15, 0.2) is 0 Å². The van der Waals surface area contributed by atoms with Gasteiger partial charge in [-0.2, -0.15) is 0 Å². The molecule has 1 heterocycles. The summed E-state index contributed by atoms with van der Waals surface area (Å²) in [6.45, 7) is 0.609. The standard InChI is InChI=1S/C12H14N2O2/c1-16-11-4-2-9(3-5-11)6-10-7-13-12(15)14-8-10/h2-5,7H,6,8H2,1H3,(H2,13,14,15). The van der Waals surface area contributed by atoms with Crippen LogP contribution in [0.5, 0.6) is 5.75 Å². The lowest BCUT2D eigenvalue weighted by molar-refractivity contribution is 0.243. The van der Waals surface area contributed by atoms with Gasteiger partial charge in [-0.15, -0.1) is 0 Å². The second kappa shape index (κ2) is 4.70. The van der Waals surface area contributed by atoms with Gasteiger partial charge in [0.05, 0.1) is 7.11 Å². The first-order valence-electron chi connectivity index (χ1n) is 5.13. The third-order valence-corrected chi connectivity index (χ3v) is 2.47. The molecule has 1 aromatic carbocycles. The van der Waals surface area contributed by atoms with Gasteiger partial charge in [-0.1, -0.05) is 12.1 Å². The Morgan fingerprint density at radius 2 is 2.06 bits per heavy atom. The average Bonchev–Trinajstić information content (AvgIpc) is 2.33. The van der Waals surface area contributed by atoms with Crippen LogP contribution in [-0.4, -0.2) is 19.7 Å². The number of rotatable bonds is 3. The van der Waals surface area contributed by atoms with Gasteiger partial charge in [0.1, 0.15) is 5.75 Å². The molecule has 0 fully saturated rings. The summed E-state index contributed by atoms with van der Waals surface area (Å²) in [6.07, 6.45) is 2.60. The Labute approximate surface area is 94.3 Å². The van der Waals surface area contributed by atoms with Crippen molar-refractivity contribution < 1.29 is 9.53 Å². The monoisotopic (exact) mass is 218 g/mol. The number of carbonyl (C=O) groups is 1. The van der Waals surface area contributed by atoms with Gasteiger partial charge in [0.25, 0.3) is 0 Å². The van der Waals surface area contributed by atoms with Crippen molar-refractivity contribution in [2.24, 2.45) is 0 Å². The number of urea groups is 1. The van der Waals surface area contributed by atoms with E-state index in [0.29, 0.717) is 6.54 Å². The first-order valence-corrected chi connectivity index (χ1v) is 5.13. The Morgan fingerprint density at radius 3 is 2.62 bits per heavy atom. The Balaban J connectivity index is 2.01. The fourth-order valence-corrected chi connectivity index (χ4v) is 1.58. The van der Waals surface area contributed by atoms with E-state index >= 15 is 0 Å². The quantitative estimate of drug-likeness (QED) is 0.806. The molecule has 16 heavy (non-hydrogen) atoms. The molecule has 1 aliphatic heterocycles. The van der Waals surface area contributed by atoms with Crippen molar-refractivity contribution in [1.82, 2.24) is 10.6 Å². The largest absolute Gasteiger partial charge is 0.497 e. The summed E-state index contributed by atoms with van der Waals surface area (Å²) in [5, 5.41) is 5.37. The highest BCUT2D eigenvalue weighted by atomic mass is 16.5. The molecule has 0 atom stereocenters. The lowest BCUT2D eigenvalue weighted by atomic mass is 10.1. The highest BCUT2D eigenvalue weighted by Gasteiger charge is 2.08. The van der Waals surface area contributed by atoms with Gasteiger partial charge >= 0.3 is 6.03 Å². The van der Waals surface area contributed by atoms with E-state index in [9.17, 15) is 4.79 Å². The molecule has 1 aliphatic rings. The van der Waals surface area contributed by atoms with E-state index in [1.54, 1.807) is 13.3 Å². The molecule has 84 valence electrons. The maximum absolute atomic E-state index is 10.9. The second-order valence-corrected chi connectivity index (χ2v) is 3.65. The summed E-state index contributed by atoms with van der Waals surface area (Å²) in [4.78, 5) is 10.9. The predicted octanol–water partition coefficient (Wildman–Crippen LogP) is 1.43. The smallest absolute Gasteiger partial charge is 0.319 e. The zero-order chi connectivity index (χ0) is 11.4. The van der Waals surface area contributed by atoms with Gasteiger partial charge in [0, 0.05) is 12.7 Å². The molecule has 4 heteroatoms. The molecule has 0 spiro atoms.